The zero-order valence-electron chi connectivity index (χ0n) is 23.9. The molecule has 1 amide bonds. The van der Waals surface area contributed by atoms with Crippen molar-refractivity contribution in [3.8, 4) is 22.8 Å². The Hall–Kier alpha value is -4.22. The molecule has 1 aliphatic carbocycles. The molecule has 2 aromatic carbocycles. The lowest BCUT2D eigenvalue weighted by Gasteiger charge is -2.32. The summed E-state index contributed by atoms with van der Waals surface area (Å²) >= 11 is 6.54. The smallest absolute Gasteiger partial charge is 0.306 e. The van der Waals surface area contributed by atoms with Gasteiger partial charge in [-0.25, -0.2) is 13.8 Å². The van der Waals surface area contributed by atoms with Crippen LogP contribution in [0.25, 0.3) is 11.1 Å². The number of rotatable bonds is 10. The minimum Gasteiger partial charge on any atom is -0.481 e. The van der Waals surface area contributed by atoms with Crippen LogP contribution in [0.15, 0.2) is 54.9 Å². The number of hydrogen-bond acceptors (Lipinski definition) is 7. The van der Waals surface area contributed by atoms with Crippen molar-refractivity contribution in [1.82, 2.24) is 10.3 Å². The molecule has 3 aromatic rings. The monoisotopic (exact) mass is 627 g/mol. The van der Waals surface area contributed by atoms with Gasteiger partial charge in [0, 0.05) is 40.9 Å². The first-order valence-electron chi connectivity index (χ1n) is 14.2. The Kier molecular flexibility index (Phi) is 9.07. The largest absolute Gasteiger partial charge is 0.481 e. The van der Waals surface area contributed by atoms with E-state index in [4.69, 9.17) is 26.8 Å². The lowest BCUT2D eigenvalue weighted by atomic mass is 9.77. The van der Waals surface area contributed by atoms with E-state index in [1.54, 1.807) is 12.3 Å². The number of carboxylic acids is 1. The normalized spacial score (nSPS) is 22.8. The molecular formula is C32H32ClF2N3O6. The number of benzene rings is 2. The predicted octanol–water partition coefficient (Wildman–Crippen LogP) is 5.29. The molecule has 1 fully saturated rings. The van der Waals surface area contributed by atoms with Gasteiger partial charge < -0.3 is 30.7 Å². The third kappa shape index (κ3) is 5.69. The summed E-state index contributed by atoms with van der Waals surface area (Å²) in [5.41, 5.74) is 4.59. The molecule has 1 aromatic heterocycles. The number of carboxylic acid groups (broad SMARTS) is 1. The van der Waals surface area contributed by atoms with Crippen LogP contribution in [0.4, 0.5) is 8.78 Å². The lowest BCUT2D eigenvalue weighted by Crippen LogP contribution is -2.35. The van der Waals surface area contributed by atoms with Gasteiger partial charge in [-0.15, -0.1) is 0 Å². The molecule has 12 heteroatoms. The number of pyridine rings is 1. The summed E-state index contributed by atoms with van der Waals surface area (Å²) in [5.74, 6) is -5.19. The Labute approximate surface area is 257 Å². The van der Waals surface area contributed by atoms with Crippen molar-refractivity contribution in [2.45, 2.75) is 50.2 Å². The van der Waals surface area contributed by atoms with E-state index in [-0.39, 0.29) is 35.4 Å². The van der Waals surface area contributed by atoms with E-state index < -0.39 is 58.1 Å². The second-order valence-corrected chi connectivity index (χ2v) is 11.3. The number of aliphatic carboxylic acids is 1. The summed E-state index contributed by atoms with van der Waals surface area (Å²) < 4.78 is 43.3. The average molecular weight is 628 g/mol. The maximum Gasteiger partial charge on any atom is 0.306 e. The van der Waals surface area contributed by atoms with Gasteiger partial charge in [0.2, 0.25) is 0 Å². The summed E-state index contributed by atoms with van der Waals surface area (Å²) in [5, 5.41) is 21.4. The first-order chi connectivity index (χ1) is 21.1. The minimum atomic E-state index is -1.21. The number of nitrogens with one attached hydrogen (secondary N) is 1. The van der Waals surface area contributed by atoms with Gasteiger partial charge in [-0.1, -0.05) is 48.9 Å². The summed E-state index contributed by atoms with van der Waals surface area (Å²) in [7, 11) is 0. The molecule has 2 heterocycles. The van der Waals surface area contributed by atoms with Crippen LogP contribution < -0.4 is 20.5 Å². The highest BCUT2D eigenvalue weighted by Crippen LogP contribution is 2.57. The van der Waals surface area contributed by atoms with Crippen molar-refractivity contribution in [2.24, 2.45) is 11.7 Å². The lowest BCUT2D eigenvalue weighted by molar-refractivity contribution is -0.142. The van der Waals surface area contributed by atoms with Crippen molar-refractivity contribution in [3.63, 3.8) is 0 Å². The number of hydrogen-bond donors (Lipinski definition) is 4. The van der Waals surface area contributed by atoms with E-state index in [2.05, 4.69) is 10.3 Å². The molecule has 5 N–H and O–H groups in total. The number of ether oxygens (including phenoxy) is 2. The molecule has 1 saturated carbocycles. The third-order valence-electron chi connectivity index (χ3n) is 8.37. The molecule has 44 heavy (non-hydrogen) atoms. The van der Waals surface area contributed by atoms with Crippen LogP contribution in [0.2, 0.25) is 5.02 Å². The Balaban J connectivity index is 1.62. The molecule has 2 aliphatic rings. The SMILES string of the molecule is C[C@H]1c2c(cc(F)c(Cl)c2-c2c(C(N)=O)cnc(OCCO)c2F)O[C@]1(/C=C\NC1CCC(C(=O)O)CC1)c1ccccc1. The Morgan fingerprint density at radius 3 is 2.55 bits per heavy atom. The zero-order chi connectivity index (χ0) is 31.6. The summed E-state index contributed by atoms with van der Waals surface area (Å²) in [4.78, 5) is 27.7. The average Bonchev–Trinajstić information content (AvgIpc) is 3.29. The standard InChI is InChI=1S/C32H32ClF2N3O6/c1-17-24-23(15-22(34)27(33)26(24)25-21(29(36)40)16-38-30(28(25)35)43-14-13-39)44-32(17,19-5-3-2-4-6-19)11-12-37-20-9-7-18(8-10-20)31(41)42/h2-6,11-12,15-18,20,37,39H,7-10,13-14H2,1H3,(H2,36,40)(H,41,42)/b12-11-/t17-,18?,20?,32-/m0/s1. The van der Waals surface area contributed by atoms with Crippen molar-refractivity contribution >= 4 is 23.5 Å². The van der Waals surface area contributed by atoms with Gasteiger partial charge in [0.15, 0.2) is 11.4 Å². The van der Waals surface area contributed by atoms with E-state index >= 15 is 8.78 Å². The Morgan fingerprint density at radius 2 is 1.91 bits per heavy atom. The number of halogens is 3. The topological polar surface area (TPSA) is 144 Å². The molecule has 0 bridgehead atoms. The fraction of sp³-hybridized carbons (Fsp3) is 0.344. The van der Waals surface area contributed by atoms with Crippen molar-refractivity contribution in [2.75, 3.05) is 13.2 Å². The maximum absolute atomic E-state index is 16.1. The van der Waals surface area contributed by atoms with Crippen LogP contribution >= 0.6 is 11.6 Å². The maximum atomic E-state index is 16.1. The van der Waals surface area contributed by atoms with Gasteiger partial charge in [-0.05, 0) is 43.5 Å². The van der Waals surface area contributed by atoms with Crippen LogP contribution in [0.3, 0.4) is 0 Å². The molecule has 0 saturated heterocycles. The van der Waals surface area contributed by atoms with Gasteiger partial charge in [-0.3, -0.25) is 9.59 Å². The molecule has 2 atom stereocenters. The summed E-state index contributed by atoms with van der Waals surface area (Å²) in [6.45, 7) is 1.13. The Bertz CT molecular complexity index is 1600. The summed E-state index contributed by atoms with van der Waals surface area (Å²) in [6, 6.07) is 10.4. The highest BCUT2D eigenvalue weighted by atomic mass is 35.5. The fourth-order valence-electron chi connectivity index (χ4n) is 6.10. The quantitative estimate of drug-likeness (QED) is 0.237. The number of aliphatic hydroxyl groups is 1. The molecule has 1 aliphatic heterocycles. The van der Waals surface area contributed by atoms with E-state index in [0.717, 1.165) is 17.8 Å². The van der Waals surface area contributed by atoms with E-state index in [0.29, 0.717) is 31.2 Å². The van der Waals surface area contributed by atoms with Crippen molar-refractivity contribution in [1.29, 1.82) is 0 Å². The van der Waals surface area contributed by atoms with Gasteiger partial charge in [0.05, 0.1) is 23.1 Å². The molecule has 232 valence electrons. The Morgan fingerprint density at radius 1 is 1.20 bits per heavy atom. The number of nitrogens with two attached hydrogens (primary N) is 1. The van der Waals surface area contributed by atoms with Crippen LogP contribution in [-0.2, 0) is 10.4 Å². The number of nitrogens with zero attached hydrogens (tertiary/aromatic N) is 1. The second-order valence-electron chi connectivity index (χ2n) is 10.9. The van der Waals surface area contributed by atoms with Gasteiger partial charge in [0.25, 0.3) is 11.8 Å². The van der Waals surface area contributed by atoms with Crippen LogP contribution in [0, 0.1) is 17.6 Å². The van der Waals surface area contributed by atoms with Gasteiger partial charge >= 0.3 is 5.97 Å². The number of carbonyl (C=O) groups excluding carboxylic acids is 1. The van der Waals surface area contributed by atoms with Gasteiger partial charge in [-0.2, -0.15) is 0 Å². The zero-order valence-corrected chi connectivity index (χ0v) is 24.6. The predicted molar refractivity (Wildman–Crippen MR) is 159 cm³/mol. The first-order valence-corrected chi connectivity index (χ1v) is 14.6. The molecular weight excluding hydrogens is 596 g/mol. The van der Waals surface area contributed by atoms with Crippen LogP contribution in [0.5, 0.6) is 11.6 Å². The van der Waals surface area contributed by atoms with Crippen molar-refractivity contribution in [3.05, 3.63) is 88.2 Å². The van der Waals surface area contributed by atoms with E-state index in [9.17, 15) is 19.8 Å². The molecule has 0 radical (unpaired) electrons. The fourth-order valence-corrected chi connectivity index (χ4v) is 6.35. The number of carbonyl (C=O) groups is 2. The number of amides is 1. The first kappa shape index (κ1) is 31.2. The van der Waals surface area contributed by atoms with E-state index in [1.807, 2.05) is 37.3 Å². The molecule has 0 spiro atoms. The second kappa shape index (κ2) is 12.8. The number of aromatic nitrogens is 1. The highest BCUT2D eigenvalue weighted by Gasteiger charge is 2.48. The molecule has 9 nitrogen and oxygen atoms in total. The number of fused-ring (bicyclic) bond motifs is 1. The highest BCUT2D eigenvalue weighted by molar-refractivity contribution is 6.34. The molecule has 5 rings (SSSR count). The minimum absolute atomic E-state index is 0.0533. The number of aliphatic hydroxyl groups excluding tert-OH is 1. The van der Waals surface area contributed by atoms with Crippen molar-refractivity contribution < 1.29 is 38.1 Å². The number of primary amides is 1. The van der Waals surface area contributed by atoms with Gasteiger partial charge in [0.1, 0.15) is 18.2 Å². The van der Waals surface area contributed by atoms with E-state index in [1.165, 1.54) is 0 Å². The molecule has 0 unspecified atom stereocenters. The third-order valence-corrected chi connectivity index (χ3v) is 8.74. The van der Waals surface area contributed by atoms with Crippen LogP contribution in [-0.4, -0.2) is 46.3 Å². The van der Waals surface area contributed by atoms with Crippen LogP contribution in [0.1, 0.15) is 60.0 Å². The summed E-state index contributed by atoms with van der Waals surface area (Å²) in [6.07, 6.45) is 7.07.